The highest BCUT2D eigenvalue weighted by Gasteiger charge is 2.18. The zero-order chi connectivity index (χ0) is 23.9. The normalized spacial score (nSPS) is 11.5. The summed E-state index contributed by atoms with van der Waals surface area (Å²) >= 11 is 0. The molecular formula is C23H25N3O5S2. The molecule has 0 unspecified atom stereocenters. The van der Waals surface area contributed by atoms with Crippen LogP contribution in [0.3, 0.4) is 0 Å². The molecule has 33 heavy (non-hydrogen) atoms. The smallest absolute Gasteiger partial charge is 0.261 e. The number of amides is 1. The summed E-state index contributed by atoms with van der Waals surface area (Å²) in [4.78, 5) is 12.4. The lowest BCUT2D eigenvalue weighted by Crippen LogP contribution is -2.31. The fourth-order valence-corrected chi connectivity index (χ4v) is 5.15. The SMILES string of the molecule is CS(=O)(=O)N(CCCC(=O)Nc1ccc(S(=O)(=O)Nc2ccccc2)cc1)c1ccccc1. The average molecular weight is 488 g/mol. The van der Waals surface area contributed by atoms with Gasteiger partial charge in [-0.15, -0.1) is 0 Å². The fraction of sp³-hybridized carbons (Fsp3) is 0.174. The molecule has 0 saturated carbocycles. The van der Waals surface area contributed by atoms with Crippen molar-refractivity contribution in [1.82, 2.24) is 0 Å². The molecule has 174 valence electrons. The van der Waals surface area contributed by atoms with Crippen molar-refractivity contribution >= 4 is 43.0 Å². The van der Waals surface area contributed by atoms with Gasteiger partial charge in [0.25, 0.3) is 10.0 Å². The van der Waals surface area contributed by atoms with E-state index >= 15 is 0 Å². The van der Waals surface area contributed by atoms with Crippen molar-refractivity contribution in [1.29, 1.82) is 0 Å². The minimum absolute atomic E-state index is 0.0657. The maximum atomic E-state index is 12.5. The van der Waals surface area contributed by atoms with Gasteiger partial charge in [0, 0.05) is 24.3 Å². The molecule has 8 nitrogen and oxygen atoms in total. The van der Waals surface area contributed by atoms with E-state index < -0.39 is 20.0 Å². The van der Waals surface area contributed by atoms with Crippen LogP contribution in [0.15, 0.2) is 89.8 Å². The highest BCUT2D eigenvalue weighted by molar-refractivity contribution is 7.92. The Kier molecular flexibility index (Phi) is 7.72. The number of rotatable bonds is 10. The molecule has 1 amide bonds. The Balaban J connectivity index is 1.55. The second-order valence-corrected chi connectivity index (χ2v) is 10.9. The number of carbonyl (C=O) groups is 1. The molecule has 0 aliphatic rings. The highest BCUT2D eigenvalue weighted by atomic mass is 32.2. The predicted molar refractivity (Wildman–Crippen MR) is 130 cm³/mol. The molecule has 0 heterocycles. The van der Waals surface area contributed by atoms with Gasteiger partial charge in [0.2, 0.25) is 15.9 Å². The van der Waals surface area contributed by atoms with Crippen LogP contribution in [0.4, 0.5) is 17.1 Å². The van der Waals surface area contributed by atoms with Crippen LogP contribution in [-0.2, 0) is 24.8 Å². The first-order valence-corrected chi connectivity index (χ1v) is 13.5. The Bertz CT molecular complexity index is 1280. The summed E-state index contributed by atoms with van der Waals surface area (Å²) in [5.74, 6) is -0.297. The fourth-order valence-electron chi connectivity index (χ4n) is 3.13. The lowest BCUT2D eigenvalue weighted by atomic mass is 10.2. The van der Waals surface area contributed by atoms with Gasteiger partial charge in [-0.1, -0.05) is 36.4 Å². The molecule has 0 aromatic heterocycles. The summed E-state index contributed by atoms with van der Waals surface area (Å²) in [5, 5.41) is 2.70. The maximum absolute atomic E-state index is 12.5. The summed E-state index contributed by atoms with van der Waals surface area (Å²) in [5.41, 5.74) is 1.44. The van der Waals surface area contributed by atoms with Crippen LogP contribution in [0, 0.1) is 0 Å². The van der Waals surface area contributed by atoms with E-state index in [4.69, 9.17) is 0 Å². The van der Waals surface area contributed by atoms with Crippen LogP contribution >= 0.6 is 0 Å². The summed E-state index contributed by atoms with van der Waals surface area (Å²) in [6.07, 6.45) is 1.55. The molecule has 0 radical (unpaired) electrons. The van der Waals surface area contributed by atoms with Gasteiger partial charge in [0.15, 0.2) is 0 Å². The quantitative estimate of drug-likeness (QED) is 0.453. The molecule has 3 aromatic rings. The maximum Gasteiger partial charge on any atom is 0.261 e. The Morgan fingerprint density at radius 2 is 1.36 bits per heavy atom. The minimum atomic E-state index is -3.75. The van der Waals surface area contributed by atoms with E-state index in [0.29, 0.717) is 23.5 Å². The van der Waals surface area contributed by atoms with Crippen molar-refractivity contribution in [2.45, 2.75) is 17.7 Å². The molecule has 0 fully saturated rings. The number of para-hydroxylation sites is 2. The van der Waals surface area contributed by atoms with Gasteiger partial charge >= 0.3 is 0 Å². The van der Waals surface area contributed by atoms with Gasteiger partial charge in [-0.2, -0.15) is 0 Å². The standard InChI is InChI=1S/C23H25N3O5S2/c1-32(28,29)26(21-11-6-3-7-12-21)18-8-13-23(27)24-19-14-16-22(17-15-19)33(30,31)25-20-9-4-2-5-10-20/h2-7,9-12,14-17,25H,8,13,18H2,1H3,(H,24,27). The van der Waals surface area contributed by atoms with Crippen LogP contribution in [0.5, 0.6) is 0 Å². The van der Waals surface area contributed by atoms with Crippen LogP contribution < -0.4 is 14.3 Å². The van der Waals surface area contributed by atoms with E-state index in [1.807, 2.05) is 0 Å². The van der Waals surface area contributed by atoms with Gasteiger partial charge < -0.3 is 5.32 Å². The average Bonchev–Trinajstić information content (AvgIpc) is 2.77. The molecule has 2 N–H and O–H groups in total. The second-order valence-electron chi connectivity index (χ2n) is 7.32. The molecule has 0 atom stereocenters. The van der Waals surface area contributed by atoms with Crippen LogP contribution in [0.1, 0.15) is 12.8 Å². The number of hydrogen-bond acceptors (Lipinski definition) is 5. The van der Waals surface area contributed by atoms with E-state index in [1.54, 1.807) is 60.7 Å². The summed E-state index contributed by atoms with van der Waals surface area (Å²) in [6, 6.07) is 23.0. The minimum Gasteiger partial charge on any atom is -0.326 e. The van der Waals surface area contributed by atoms with E-state index in [1.165, 1.54) is 28.6 Å². The first-order chi connectivity index (χ1) is 15.6. The van der Waals surface area contributed by atoms with Crippen molar-refractivity contribution < 1.29 is 21.6 Å². The van der Waals surface area contributed by atoms with E-state index in [-0.39, 0.29) is 23.8 Å². The van der Waals surface area contributed by atoms with E-state index in [0.717, 1.165) is 6.26 Å². The van der Waals surface area contributed by atoms with Crippen LogP contribution in [0.2, 0.25) is 0 Å². The molecule has 0 aliphatic heterocycles. The summed E-state index contributed by atoms with van der Waals surface area (Å²) in [7, 11) is -7.23. The number of nitrogens with one attached hydrogen (secondary N) is 2. The largest absolute Gasteiger partial charge is 0.326 e. The Labute approximate surface area is 194 Å². The molecule has 0 bridgehead atoms. The first kappa shape index (κ1) is 24.3. The topological polar surface area (TPSA) is 113 Å². The lowest BCUT2D eigenvalue weighted by Gasteiger charge is -2.22. The Morgan fingerprint density at radius 3 is 1.94 bits per heavy atom. The number of hydrogen-bond donors (Lipinski definition) is 2. The second kappa shape index (κ2) is 10.5. The van der Waals surface area contributed by atoms with Gasteiger partial charge in [0.05, 0.1) is 16.8 Å². The number of sulfonamides is 2. The third kappa shape index (κ3) is 7.06. The number of anilines is 3. The van der Waals surface area contributed by atoms with Crippen LogP contribution in [0.25, 0.3) is 0 Å². The molecule has 0 spiro atoms. The molecule has 10 heteroatoms. The highest BCUT2D eigenvalue weighted by Crippen LogP contribution is 2.19. The van der Waals surface area contributed by atoms with E-state index in [9.17, 15) is 21.6 Å². The van der Waals surface area contributed by atoms with Crippen molar-refractivity contribution in [2.75, 3.05) is 27.1 Å². The third-order valence-electron chi connectivity index (χ3n) is 4.68. The molecule has 3 rings (SSSR count). The van der Waals surface area contributed by atoms with Gasteiger partial charge in [-0.25, -0.2) is 16.8 Å². The van der Waals surface area contributed by atoms with Crippen molar-refractivity contribution in [3.05, 3.63) is 84.9 Å². The third-order valence-corrected chi connectivity index (χ3v) is 7.28. The van der Waals surface area contributed by atoms with Crippen LogP contribution in [-0.4, -0.2) is 35.5 Å². The first-order valence-electron chi connectivity index (χ1n) is 10.2. The van der Waals surface area contributed by atoms with E-state index in [2.05, 4.69) is 10.0 Å². The molecule has 3 aromatic carbocycles. The zero-order valence-electron chi connectivity index (χ0n) is 18.0. The van der Waals surface area contributed by atoms with Gasteiger partial charge in [-0.3, -0.25) is 13.8 Å². The monoisotopic (exact) mass is 487 g/mol. The molecule has 0 saturated heterocycles. The summed E-state index contributed by atoms with van der Waals surface area (Å²) < 4.78 is 52.9. The number of carbonyl (C=O) groups excluding carboxylic acids is 1. The van der Waals surface area contributed by atoms with Gasteiger partial charge in [0.1, 0.15) is 0 Å². The summed E-state index contributed by atoms with van der Waals surface area (Å²) in [6.45, 7) is 0.165. The zero-order valence-corrected chi connectivity index (χ0v) is 19.6. The lowest BCUT2D eigenvalue weighted by molar-refractivity contribution is -0.116. The Hall–Kier alpha value is -3.37. The van der Waals surface area contributed by atoms with Crippen molar-refractivity contribution in [3.63, 3.8) is 0 Å². The Morgan fingerprint density at radius 1 is 0.788 bits per heavy atom. The number of benzene rings is 3. The van der Waals surface area contributed by atoms with Crippen molar-refractivity contribution in [2.24, 2.45) is 0 Å². The predicted octanol–water partition coefficient (Wildman–Crippen LogP) is 3.67. The van der Waals surface area contributed by atoms with Gasteiger partial charge in [-0.05, 0) is 55.0 Å². The molecule has 0 aliphatic carbocycles. The number of nitrogens with zero attached hydrogens (tertiary/aromatic N) is 1. The molecular weight excluding hydrogens is 462 g/mol. The van der Waals surface area contributed by atoms with Crippen molar-refractivity contribution in [3.8, 4) is 0 Å².